The Morgan fingerprint density at radius 2 is 1.83 bits per heavy atom. The molecule has 0 saturated heterocycles. The van der Waals surface area contributed by atoms with Crippen LogP contribution in [0.2, 0.25) is 0 Å². The number of anilines is 1. The third kappa shape index (κ3) is 5.33. The first-order chi connectivity index (χ1) is 14.0. The van der Waals surface area contributed by atoms with Gasteiger partial charge in [-0.15, -0.1) is 0 Å². The lowest BCUT2D eigenvalue weighted by Crippen LogP contribution is -2.02. The number of ketones is 1. The van der Waals surface area contributed by atoms with Crippen LogP contribution >= 0.6 is 11.8 Å². The first kappa shape index (κ1) is 20.8. The summed E-state index contributed by atoms with van der Waals surface area (Å²) in [4.78, 5) is 13.9. The van der Waals surface area contributed by atoms with Crippen LogP contribution in [0.5, 0.6) is 11.5 Å². The Labute approximate surface area is 175 Å². The summed E-state index contributed by atoms with van der Waals surface area (Å²) in [7, 11) is 0. The Kier molecular flexibility index (Phi) is 6.83. The van der Waals surface area contributed by atoms with E-state index in [2.05, 4.69) is 12.1 Å². The van der Waals surface area contributed by atoms with Gasteiger partial charge in [0, 0.05) is 21.0 Å². The highest BCUT2D eigenvalue weighted by atomic mass is 32.2. The van der Waals surface area contributed by atoms with Crippen molar-refractivity contribution in [3.63, 3.8) is 0 Å². The SMILES string of the molecule is CCCc1c(OCc2ccc(Sc3cccc(N)c3)cc2)ccc(C(C)=O)c1O. The molecule has 150 valence electrons. The van der Waals surface area contributed by atoms with Crippen LogP contribution in [-0.4, -0.2) is 10.9 Å². The number of nitrogen functional groups attached to an aromatic ring is 1. The molecule has 0 aliphatic carbocycles. The van der Waals surface area contributed by atoms with Gasteiger partial charge >= 0.3 is 0 Å². The van der Waals surface area contributed by atoms with Gasteiger partial charge in [0.1, 0.15) is 18.1 Å². The second-order valence-corrected chi connectivity index (χ2v) is 8.00. The Balaban J connectivity index is 1.70. The van der Waals surface area contributed by atoms with Gasteiger partial charge < -0.3 is 15.6 Å². The number of hydrogen-bond acceptors (Lipinski definition) is 5. The summed E-state index contributed by atoms with van der Waals surface area (Å²) in [5.41, 5.74) is 8.64. The number of benzene rings is 3. The molecule has 0 aromatic heterocycles. The zero-order valence-corrected chi connectivity index (χ0v) is 17.5. The summed E-state index contributed by atoms with van der Waals surface area (Å²) in [6.07, 6.45) is 1.50. The molecule has 0 fully saturated rings. The Morgan fingerprint density at radius 1 is 1.07 bits per heavy atom. The molecule has 0 aliphatic heterocycles. The second-order valence-electron chi connectivity index (χ2n) is 6.85. The lowest BCUT2D eigenvalue weighted by Gasteiger charge is -2.15. The molecule has 0 aliphatic rings. The van der Waals surface area contributed by atoms with E-state index in [-0.39, 0.29) is 11.5 Å². The average molecular weight is 408 g/mol. The highest BCUT2D eigenvalue weighted by Gasteiger charge is 2.16. The average Bonchev–Trinajstić information content (AvgIpc) is 2.69. The number of rotatable bonds is 8. The molecule has 3 aromatic carbocycles. The van der Waals surface area contributed by atoms with E-state index < -0.39 is 0 Å². The number of phenolic OH excluding ortho intramolecular Hbond substituents is 1. The van der Waals surface area contributed by atoms with Gasteiger partial charge in [0.25, 0.3) is 0 Å². The standard InChI is InChI=1S/C24H25NO3S/c1-3-5-22-23(13-12-21(16(2)26)24(22)27)28-15-17-8-10-19(11-9-17)29-20-7-4-6-18(25)14-20/h4,6-14,27H,3,5,15,25H2,1-2H3. The maximum Gasteiger partial charge on any atom is 0.163 e. The van der Waals surface area contributed by atoms with Gasteiger partial charge in [-0.1, -0.05) is 43.3 Å². The van der Waals surface area contributed by atoms with Crippen LogP contribution < -0.4 is 10.5 Å². The third-order valence-electron chi connectivity index (χ3n) is 4.53. The molecule has 3 N–H and O–H groups in total. The number of carbonyl (C=O) groups is 1. The molecule has 0 spiro atoms. The predicted molar refractivity (Wildman–Crippen MR) is 118 cm³/mol. The first-order valence-corrected chi connectivity index (χ1v) is 10.4. The van der Waals surface area contributed by atoms with Crippen molar-refractivity contribution in [2.75, 3.05) is 5.73 Å². The van der Waals surface area contributed by atoms with E-state index in [1.54, 1.807) is 23.9 Å². The van der Waals surface area contributed by atoms with Crippen molar-refractivity contribution >= 4 is 23.2 Å². The molecular formula is C24H25NO3S. The molecule has 0 heterocycles. The summed E-state index contributed by atoms with van der Waals surface area (Å²) >= 11 is 1.65. The van der Waals surface area contributed by atoms with E-state index in [1.165, 1.54) is 6.92 Å². The topological polar surface area (TPSA) is 72.5 Å². The lowest BCUT2D eigenvalue weighted by atomic mass is 10.0. The summed E-state index contributed by atoms with van der Waals surface area (Å²) in [6, 6.07) is 19.3. The zero-order chi connectivity index (χ0) is 20.8. The van der Waals surface area contributed by atoms with Crippen molar-refractivity contribution in [1.82, 2.24) is 0 Å². The quantitative estimate of drug-likeness (QED) is 0.361. The van der Waals surface area contributed by atoms with Crippen LogP contribution in [0.25, 0.3) is 0 Å². The van der Waals surface area contributed by atoms with Gasteiger partial charge in [-0.25, -0.2) is 0 Å². The summed E-state index contributed by atoms with van der Waals surface area (Å²) in [6.45, 7) is 3.87. The smallest absolute Gasteiger partial charge is 0.163 e. The van der Waals surface area contributed by atoms with Crippen LogP contribution in [-0.2, 0) is 13.0 Å². The number of nitrogens with two attached hydrogens (primary N) is 1. The molecule has 0 radical (unpaired) electrons. The van der Waals surface area contributed by atoms with E-state index in [0.717, 1.165) is 27.5 Å². The van der Waals surface area contributed by atoms with Crippen LogP contribution in [0.3, 0.4) is 0 Å². The fourth-order valence-corrected chi connectivity index (χ4v) is 3.94. The van der Waals surface area contributed by atoms with Crippen LogP contribution in [0, 0.1) is 0 Å². The largest absolute Gasteiger partial charge is 0.507 e. The molecule has 0 atom stereocenters. The maximum atomic E-state index is 11.7. The predicted octanol–water partition coefficient (Wildman–Crippen LogP) is 5.86. The van der Waals surface area contributed by atoms with Gasteiger partial charge in [-0.3, -0.25) is 4.79 Å². The first-order valence-electron chi connectivity index (χ1n) is 9.59. The number of Topliss-reactive ketones (excluding diaryl/α,β-unsaturated/α-hetero) is 1. The fraction of sp³-hybridized carbons (Fsp3) is 0.208. The number of ether oxygens (including phenoxy) is 1. The molecule has 3 rings (SSSR count). The minimum atomic E-state index is -0.153. The lowest BCUT2D eigenvalue weighted by molar-refractivity contribution is 0.101. The van der Waals surface area contributed by atoms with Gasteiger partial charge in [-0.05, 0) is 61.4 Å². The number of carbonyl (C=O) groups excluding carboxylic acids is 1. The van der Waals surface area contributed by atoms with E-state index >= 15 is 0 Å². The molecule has 0 unspecified atom stereocenters. The highest BCUT2D eigenvalue weighted by Crippen LogP contribution is 2.34. The molecule has 0 bridgehead atoms. The van der Waals surface area contributed by atoms with Gasteiger partial charge in [0.05, 0.1) is 5.56 Å². The monoisotopic (exact) mass is 407 g/mol. The Morgan fingerprint density at radius 3 is 2.48 bits per heavy atom. The van der Waals surface area contributed by atoms with Crippen molar-refractivity contribution < 1.29 is 14.6 Å². The van der Waals surface area contributed by atoms with Gasteiger partial charge in [-0.2, -0.15) is 0 Å². The Bertz CT molecular complexity index is 1000. The second kappa shape index (κ2) is 9.52. The fourth-order valence-electron chi connectivity index (χ4n) is 3.06. The molecule has 0 saturated carbocycles. The van der Waals surface area contributed by atoms with E-state index in [9.17, 15) is 9.90 Å². The minimum absolute atomic E-state index is 0.0331. The van der Waals surface area contributed by atoms with Crippen LogP contribution in [0.4, 0.5) is 5.69 Å². The van der Waals surface area contributed by atoms with Crippen LogP contribution in [0.15, 0.2) is 70.5 Å². The summed E-state index contributed by atoms with van der Waals surface area (Å²) in [5.74, 6) is 0.498. The van der Waals surface area contributed by atoms with E-state index in [4.69, 9.17) is 10.5 Å². The van der Waals surface area contributed by atoms with Crippen molar-refractivity contribution in [2.24, 2.45) is 0 Å². The molecule has 29 heavy (non-hydrogen) atoms. The maximum absolute atomic E-state index is 11.7. The van der Waals surface area contributed by atoms with E-state index in [1.807, 2.05) is 43.3 Å². The Hall–Kier alpha value is -2.92. The number of aromatic hydroxyl groups is 1. The molecule has 3 aromatic rings. The highest BCUT2D eigenvalue weighted by molar-refractivity contribution is 7.99. The number of phenols is 1. The third-order valence-corrected chi connectivity index (χ3v) is 5.53. The van der Waals surface area contributed by atoms with Crippen molar-refractivity contribution in [3.05, 3.63) is 77.4 Å². The molecule has 5 heteroatoms. The molecular weight excluding hydrogens is 382 g/mol. The van der Waals surface area contributed by atoms with Crippen molar-refractivity contribution in [1.29, 1.82) is 0 Å². The zero-order valence-electron chi connectivity index (χ0n) is 16.6. The van der Waals surface area contributed by atoms with Crippen molar-refractivity contribution in [3.8, 4) is 11.5 Å². The number of hydrogen-bond donors (Lipinski definition) is 2. The minimum Gasteiger partial charge on any atom is -0.507 e. The van der Waals surface area contributed by atoms with Crippen molar-refractivity contribution in [2.45, 2.75) is 43.1 Å². The van der Waals surface area contributed by atoms with E-state index in [0.29, 0.717) is 29.9 Å². The summed E-state index contributed by atoms with van der Waals surface area (Å²) < 4.78 is 5.97. The normalized spacial score (nSPS) is 10.7. The van der Waals surface area contributed by atoms with Crippen LogP contribution in [0.1, 0.15) is 41.8 Å². The summed E-state index contributed by atoms with van der Waals surface area (Å²) in [5, 5.41) is 10.5. The molecule has 4 nitrogen and oxygen atoms in total. The molecule has 0 amide bonds. The van der Waals surface area contributed by atoms with Gasteiger partial charge in [0.15, 0.2) is 5.78 Å². The van der Waals surface area contributed by atoms with Gasteiger partial charge in [0.2, 0.25) is 0 Å².